The molecule has 1 amide bonds. The summed E-state index contributed by atoms with van der Waals surface area (Å²) in [5.41, 5.74) is -3.95. The molecule has 2 aromatic rings. The lowest BCUT2D eigenvalue weighted by Gasteiger charge is -2.17. The van der Waals surface area contributed by atoms with Gasteiger partial charge in [0.15, 0.2) is 11.5 Å². The Balaban J connectivity index is 2.20. The van der Waals surface area contributed by atoms with E-state index in [1.165, 1.54) is 32.5 Å². The van der Waals surface area contributed by atoms with Gasteiger partial charge in [0, 0.05) is 18.0 Å². The third-order valence-electron chi connectivity index (χ3n) is 3.48. The minimum Gasteiger partial charge on any atom is -0.493 e. The van der Waals surface area contributed by atoms with E-state index in [-0.39, 0.29) is 5.56 Å². The number of hydrogen-bond donors (Lipinski definition) is 1. The van der Waals surface area contributed by atoms with E-state index in [0.29, 0.717) is 17.1 Å². The van der Waals surface area contributed by atoms with Gasteiger partial charge >= 0.3 is 5.51 Å². The Labute approximate surface area is 152 Å². The fourth-order valence-electron chi connectivity index (χ4n) is 2.23. The molecule has 26 heavy (non-hydrogen) atoms. The molecular weight excluding hydrogens is 369 g/mol. The quantitative estimate of drug-likeness (QED) is 0.754. The molecular formula is C17H17F3N2O3S. The lowest BCUT2D eigenvalue weighted by Crippen LogP contribution is -2.27. The average molecular weight is 386 g/mol. The largest absolute Gasteiger partial charge is 0.493 e. The van der Waals surface area contributed by atoms with Crippen molar-refractivity contribution >= 4 is 17.7 Å². The molecule has 9 heteroatoms. The monoisotopic (exact) mass is 386 g/mol. The molecule has 0 bridgehead atoms. The van der Waals surface area contributed by atoms with E-state index in [1.807, 2.05) is 0 Å². The van der Waals surface area contributed by atoms with E-state index in [0.717, 1.165) is 0 Å². The maximum atomic E-state index is 12.6. The highest BCUT2D eigenvalue weighted by atomic mass is 32.2. The number of halogens is 3. The first kappa shape index (κ1) is 19.9. The number of hydrogen-bond acceptors (Lipinski definition) is 5. The second-order valence-corrected chi connectivity index (χ2v) is 6.27. The Hall–Kier alpha value is -2.42. The van der Waals surface area contributed by atoms with Crippen LogP contribution >= 0.6 is 11.8 Å². The van der Waals surface area contributed by atoms with Gasteiger partial charge in [-0.2, -0.15) is 13.2 Å². The van der Waals surface area contributed by atoms with Crippen LogP contribution in [0.25, 0.3) is 0 Å². The van der Waals surface area contributed by atoms with Gasteiger partial charge in [-0.3, -0.25) is 4.79 Å². The van der Waals surface area contributed by atoms with Crippen LogP contribution in [0.3, 0.4) is 0 Å². The number of amides is 1. The summed E-state index contributed by atoms with van der Waals surface area (Å²) < 4.78 is 48.3. The van der Waals surface area contributed by atoms with Crippen LogP contribution in [0.15, 0.2) is 41.6 Å². The number of nitrogens with one attached hydrogen (secondary N) is 1. The van der Waals surface area contributed by atoms with Gasteiger partial charge in [0.2, 0.25) is 0 Å². The number of aromatic nitrogens is 1. The first-order valence-electron chi connectivity index (χ1n) is 7.48. The number of benzene rings is 1. The van der Waals surface area contributed by atoms with Gasteiger partial charge in [-0.05, 0) is 36.8 Å². The number of rotatable bonds is 6. The SMILES string of the molecule is COc1ccc(C(C)NC(=O)c2cccnc2SC(F)(F)F)cc1OC. The van der Waals surface area contributed by atoms with E-state index in [9.17, 15) is 18.0 Å². The maximum Gasteiger partial charge on any atom is 0.447 e. The molecule has 0 aliphatic carbocycles. The minimum atomic E-state index is -4.53. The van der Waals surface area contributed by atoms with Crippen molar-refractivity contribution in [2.75, 3.05) is 14.2 Å². The number of methoxy groups -OCH3 is 2. The van der Waals surface area contributed by atoms with Crippen LogP contribution in [0.1, 0.15) is 28.9 Å². The zero-order valence-corrected chi connectivity index (χ0v) is 15.1. The molecule has 1 atom stereocenters. The summed E-state index contributed by atoms with van der Waals surface area (Å²) >= 11 is -0.419. The number of carbonyl (C=O) groups excluding carboxylic acids is 1. The van der Waals surface area contributed by atoms with Crippen molar-refractivity contribution in [3.8, 4) is 11.5 Å². The Morgan fingerprint density at radius 2 is 1.88 bits per heavy atom. The van der Waals surface area contributed by atoms with E-state index in [1.54, 1.807) is 25.1 Å². The van der Waals surface area contributed by atoms with E-state index in [4.69, 9.17) is 9.47 Å². The van der Waals surface area contributed by atoms with Gasteiger partial charge in [-0.15, -0.1) is 0 Å². The first-order valence-corrected chi connectivity index (χ1v) is 8.30. The number of alkyl halides is 3. The molecule has 1 aromatic heterocycles. The van der Waals surface area contributed by atoms with Gasteiger partial charge < -0.3 is 14.8 Å². The van der Waals surface area contributed by atoms with Gasteiger partial charge in [0.05, 0.1) is 25.8 Å². The summed E-state index contributed by atoms with van der Waals surface area (Å²) in [6, 6.07) is 7.37. The molecule has 1 N–H and O–H groups in total. The second kappa shape index (κ2) is 8.31. The van der Waals surface area contributed by atoms with Crippen LogP contribution in [-0.4, -0.2) is 30.6 Å². The summed E-state index contributed by atoms with van der Waals surface area (Å²) in [6.07, 6.45) is 1.21. The number of pyridine rings is 1. The van der Waals surface area contributed by atoms with Crippen molar-refractivity contribution in [1.29, 1.82) is 0 Å². The lowest BCUT2D eigenvalue weighted by atomic mass is 10.1. The zero-order valence-electron chi connectivity index (χ0n) is 14.3. The van der Waals surface area contributed by atoms with Crippen LogP contribution in [-0.2, 0) is 0 Å². The molecule has 5 nitrogen and oxygen atoms in total. The molecule has 2 rings (SSSR count). The predicted molar refractivity (Wildman–Crippen MR) is 91.6 cm³/mol. The molecule has 0 aliphatic heterocycles. The van der Waals surface area contributed by atoms with Crippen molar-refractivity contribution in [2.24, 2.45) is 0 Å². The molecule has 0 fully saturated rings. The molecule has 140 valence electrons. The molecule has 0 saturated heterocycles. The minimum absolute atomic E-state index is 0.137. The van der Waals surface area contributed by atoms with Crippen LogP contribution in [0, 0.1) is 0 Å². The molecule has 1 aromatic carbocycles. The lowest BCUT2D eigenvalue weighted by molar-refractivity contribution is -0.0329. The molecule has 0 saturated carbocycles. The standard InChI is InChI=1S/C17H17F3N2O3S/c1-10(11-6-7-13(24-2)14(9-11)25-3)22-15(23)12-5-4-8-21-16(12)26-17(18,19)20/h4-10H,1-3H3,(H,22,23). The number of nitrogens with zero attached hydrogens (tertiary/aromatic N) is 1. The van der Waals surface area contributed by atoms with Gasteiger partial charge in [0.1, 0.15) is 5.03 Å². The third kappa shape index (κ3) is 5.04. The van der Waals surface area contributed by atoms with Crippen molar-refractivity contribution < 1.29 is 27.4 Å². The molecule has 1 heterocycles. The Morgan fingerprint density at radius 1 is 1.19 bits per heavy atom. The molecule has 0 spiro atoms. The van der Waals surface area contributed by atoms with Crippen LogP contribution in [0.2, 0.25) is 0 Å². The molecule has 0 radical (unpaired) electrons. The summed E-state index contributed by atoms with van der Waals surface area (Å²) in [4.78, 5) is 16.1. The van der Waals surface area contributed by atoms with E-state index in [2.05, 4.69) is 10.3 Å². The summed E-state index contributed by atoms with van der Waals surface area (Å²) in [7, 11) is 2.99. The fourth-order valence-corrected chi connectivity index (χ4v) is 2.84. The number of thioether (sulfide) groups is 1. The smallest absolute Gasteiger partial charge is 0.447 e. The number of ether oxygens (including phenoxy) is 2. The Morgan fingerprint density at radius 3 is 2.50 bits per heavy atom. The second-order valence-electron chi connectivity index (χ2n) is 5.21. The normalized spacial score (nSPS) is 12.4. The molecule has 0 aliphatic rings. The van der Waals surface area contributed by atoms with E-state index >= 15 is 0 Å². The maximum absolute atomic E-state index is 12.6. The van der Waals surface area contributed by atoms with Gasteiger partial charge in [0.25, 0.3) is 5.91 Å². The average Bonchev–Trinajstić information content (AvgIpc) is 2.60. The van der Waals surface area contributed by atoms with Gasteiger partial charge in [-0.25, -0.2) is 4.98 Å². The van der Waals surface area contributed by atoms with Gasteiger partial charge in [-0.1, -0.05) is 6.07 Å². The first-order chi connectivity index (χ1) is 12.2. The van der Waals surface area contributed by atoms with Crippen molar-refractivity contribution in [2.45, 2.75) is 23.5 Å². The van der Waals surface area contributed by atoms with Crippen LogP contribution in [0.5, 0.6) is 11.5 Å². The highest BCUT2D eigenvalue weighted by Gasteiger charge is 2.32. The van der Waals surface area contributed by atoms with Crippen molar-refractivity contribution in [3.05, 3.63) is 47.7 Å². The summed E-state index contributed by atoms with van der Waals surface area (Å²) in [5, 5.41) is 2.28. The van der Waals surface area contributed by atoms with Crippen molar-refractivity contribution in [1.82, 2.24) is 10.3 Å². The Kier molecular flexibility index (Phi) is 6.36. The summed E-state index contributed by atoms with van der Waals surface area (Å²) in [5.74, 6) is 0.374. The fraction of sp³-hybridized carbons (Fsp3) is 0.294. The van der Waals surface area contributed by atoms with Crippen LogP contribution < -0.4 is 14.8 Å². The summed E-state index contributed by atoms with van der Waals surface area (Å²) in [6.45, 7) is 1.71. The predicted octanol–water partition coefficient (Wildman–Crippen LogP) is 4.20. The molecule has 1 unspecified atom stereocenters. The third-order valence-corrected chi connectivity index (χ3v) is 4.23. The number of carbonyl (C=O) groups is 1. The topological polar surface area (TPSA) is 60.5 Å². The van der Waals surface area contributed by atoms with Crippen LogP contribution in [0.4, 0.5) is 13.2 Å². The van der Waals surface area contributed by atoms with E-state index < -0.39 is 34.2 Å². The highest BCUT2D eigenvalue weighted by molar-refractivity contribution is 8.00. The Bertz CT molecular complexity index is 784. The van der Waals surface area contributed by atoms with Crippen molar-refractivity contribution in [3.63, 3.8) is 0 Å². The highest BCUT2D eigenvalue weighted by Crippen LogP contribution is 2.37. The zero-order chi connectivity index (χ0) is 19.3.